The molecule has 2 atom stereocenters. The summed E-state index contributed by atoms with van der Waals surface area (Å²) in [6.45, 7) is 6.68. The fourth-order valence-electron chi connectivity index (χ4n) is 5.65. The van der Waals surface area contributed by atoms with E-state index >= 15 is 0 Å². The van der Waals surface area contributed by atoms with Crippen molar-refractivity contribution in [3.8, 4) is 0 Å². The first-order valence-electron chi connectivity index (χ1n) is 12.3. The molecule has 7 heteroatoms. The van der Waals surface area contributed by atoms with Crippen LogP contribution in [0.5, 0.6) is 0 Å². The molecule has 7 nitrogen and oxygen atoms in total. The maximum atomic E-state index is 14.1. The maximum absolute atomic E-state index is 14.1. The van der Waals surface area contributed by atoms with Gasteiger partial charge in [-0.2, -0.15) is 0 Å². The molecular weight excluding hydrogens is 440 g/mol. The van der Waals surface area contributed by atoms with Crippen molar-refractivity contribution in [2.45, 2.75) is 51.7 Å². The molecule has 5 rings (SSSR count). The highest BCUT2D eigenvalue weighted by Crippen LogP contribution is 2.45. The van der Waals surface area contributed by atoms with E-state index in [9.17, 15) is 14.4 Å². The average Bonchev–Trinajstić information content (AvgIpc) is 3.31. The molecule has 35 heavy (non-hydrogen) atoms. The van der Waals surface area contributed by atoms with E-state index in [1.165, 1.54) is 4.90 Å². The smallest absolute Gasteiger partial charge is 0.328 e. The van der Waals surface area contributed by atoms with E-state index in [2.05, 4.69) is 4.98 Å². The SMILES string of the molecule is CC(C)C[C@@H](C(=O)N(C)Cc1ccccc1)N1C(=O)N2CCc3c([nH]c4ccccc34)[C@@]2(C)C1=O. The predicted octanol–water partition coefficient (Wildman–Crippen LogP) is 4.28. The van der Waals surface area contributed by atoms with Crippen LogP contribution in [-0.4, -0.2) is 57.2 Å². The second-order valence-corrected chi connectivity index (χ2v) is 10.3. The Kier molecular flexibility index (Phi) is 5.66. The number of aromatic amines is 1. The van der Waals surface area contributed by atoms with Crippen LogP contribution in [0.3, 0.4) is 0 Å². The molecule has 1 aromatic heterocycles. The Bertz CT molecular complexity index is 1300. The molecule has 0 radical (unpaired) electrons. The third-order valence-corrected chi connectivity index (χ3v) is 7.43. The van der Waals surface area contributed by atoms with Crippen molar-refractivity contribution >= 4 is 28.7 Å². The zero-order chi connectivity index (χ0) is 24.9. The molecule has 2 aromatic carbocycles. The average molecular weight is 473 g/mol. The van der Waals surface area contributed by atoms with Gasteiger partial charge in [0.25, 0.3) is 5.91 Å². The van der Waals surface area contributed by atoms with Crippen molar-refractivity contribution in [1.29, 1.82) is 0 Å². The minimum atomic E-state index is -1.16. The van der Waals surface area contributed by atoms with Gasteiger partial charge in [-0.15, -0.1) is 0 Å². The number of rotatable bonds is 6. The van der Waals surface area contributed by atoms with Crippen LogP contribution in [0.4, 0.5) is 4.79 Å². The molecule has 3 heterocycles. The highest BCUT2D eigenvalue weighted by Gasteiger charge is 2.60. The Labute approximate surface area is 205 Å². The van der Waals surface area contributed by atoms with E-state index in [0.29, 0.717) is 25.9 Å². The summed E-state index contributed by atoms with van der Waals surface area (Å²) < 4.78 is 0. The lowest BCUT2D eigenvalue weighted by atomic mass is 9.86. The summed E-state index contributed by atoms with van der Waals surface area (Å²) in [5.74, 6) is -0.421. The van der Waals surface area contributed by atoms with Gasteiger partial charge in [0, 0.05) is 31.0 Å². The molecule has 0 spiro atoms. The van der Waals surface area contributed by atoms with Crippen molar-refractivity contribution in [1.82, 2.24) is 19.7 Å². The van der Waals surface area contributed by atoms with Crippen molar-refractivity contribution in [3.63, 3.8) is 0 Å². The largest absolute Gasteiger partial charge is 0.356 e. The fraction of sp³-hybridized carbons (Fsp3) is 0.393. The predicted molar refractivity (Wildman–Crippen MR) is 134 cm³/mol. The van der Waals surface area contributed by atoms with Gasteiger partial charge in [-0.05, 0) is 42.9 Å². The summed E-state index contributed by atoms with van der Waals surface area (Å²) in [6, 6.07) is 16.5. The standard InChI is InChI=1S/C28H32N4O3/c1-18(2)16-23(25(33)30(4)17-19-10-6-5-7-11-19)32-26(34)28(3)24-21(14-15-31(28)27(32)35)20-12-8-9-13-22(20)29-24/h5-13,18,23,29H,14-17H2,1-4H3/t23-,28-/m0/s1. The molecule has 4 amide bonds. The number of carbonyl (C=O) groups excluding carboxylic acids is 3. The third kappa shape index (κ3) is 3.61. The summed E-state index contributed by atoms with van der Waals surface area (Å²) >= 11 is 0. The highest BCUT2D eigenvalue weighted by atomic mass is 16.2. The summed E-state index contributed by atoms with van der Waals surface area (Å²) in [5.41, 5.74) is 2.64. The number of para-hydroxylation sites is 1. The number of urea groups is 1. The lowest BCUT2D eigenvalue weighted by Gasteiger charge is -2.36. The Morgan fingerprint density at radius 2 is 1.77 bits per heavy atom. The number of fused-ring (bicyclic) bond motifs is 5. The first-order valence-corrected chi connectivity index (χ1v) is 12.3. The first-order chi connectivity index (χ1) is 16.7. The number of likely N-dealkylation sites (N-methyl/N-ethyl adjacent to an activating group) is 1. The van der Waals surface area contributed by atoms with E-state index in [4.69, 9.17) is 0 Å². The van der Waals surface area contributed by atoms with Crippen LogP contribution in [0.15, 0.2) is 54.6 Å². The number of H-pyrrole nitrogens is 1. The van der Waals surface area contributed by atoms with Crippen molar-refractivity contribution < 1.29 is 14.4 Å². The van der Waals surface area contributed by atoms with Crippen LogP contribution in [0.25, 0.3) is 10.9 Å². The molecule has 1 N–H and O–H groups in total. The van der Waals surface area contributed by atoms with Crippen LogP contribution < -0.4 is 0 Å². The summed E-state index contributed by atoms with van der Waals surface area (Å²) in [5, 5.41) is 1.08. The quantitative estimate of drug-likeness (QED) is 0.544. The third-order valence-electron chi connectivity index (χ3n) is 7.43. The molecule has 0 bridgehead atoms. The van der Waals surface area contributed by atoms with E-state index < -0.39 is 11.6 Å². The number of amides is 4. The van der Waals surface area contributed by atoms with Gasteiger partial charge >= 0.3 is 6.03 Å². The van der Waals surface area contributed by atoms with E-state index in [1.807, 2.05) is 75.4 Å². The molecule has 1 saturated heterocycles. The van der Waals surface area contributed by atoms with Crippen LogP contribution in [0.1, 0.15) is 44.0 Å². The molecule has 0 aliphatic carbocycles. The van der Waals surface area contributed by atoms with Crippen LogP contribution in [0, 0.1) is 5.92 Å². The fourth-order valence-corrected chi connectivity index (χ4v) is 5.65. The molecule has 0 unspecified atom stereocenters. The zero-order valence-corrected chi connectivity index (χ0v) is 20.7. The molecule has 2 aliphatic heterocycles. The van der Waals surface area contributed by atoms with Crippen LogP contribution in [-0.2, 0) is 28.1 Å². The van der Waals surface area contributed by atoms with Gasteiger partial charge in [0.15, 0.2) is 5.54 Å². The van der Waals surface area contributed by atoms with Gasteiger partial charge in [0.1, 0.15) is 6.04 Å². The summed E-state index contributed by atoms with van der Waals surface area (Å²) in [7, 11) is 1.73. The minimum Gasteiger partial charge on any atom is -0.356 e. The number of hydrogen-bond donors (Lipinski definition) is 1. The van der Waals surface area contributed by atoms with Gasteiger partial charge < -0.3 is 14.8 Å². The van der Waals surface area contributed by atoms with E-state index in [1.54, 1.807) is 16.8 Å². The number of carbonyl (C=O) groups is 3. The zero-order valence-electron chi connectivity index (χ0n) is 20.7. The summed E-state index contributed by atoms with van der Waals surface area (Å²) in [6.07, 6.45) is 1.08. The Balaban J connectivity index is 1.51. The molecule has 0 saturated carbocycles. The van der Waals surface area contributed by atoms with Gasteiger partial charge in [-0.1, -0.05) is 62.4 Å². The Morgan fingerprint density at radius 1 is 1.09 bits per heavy atom. The molecule has 2 aliphatic rings. The Morgan fingerprint density at radius 3 is 2.49 bits per heavy atom. The van der Waals surface area contributed by atoms with E-state index in [-0.39, 0.29) is 23.8 Å². The topological polar surface area (TPSA) is 76.7 Å². The second kappa shape index (κ2) is 8.56. The minimum absolute atomic E-state index is 0.128. The van der Waals surface area contributed by atoms with Crippen molar-refractivity contribution in [2.24, 2.45) is 5.92 Å². The van der Waals surface area contributed by atoms with Crippen molar-refractivity contribution in [2.75, 3.05) is 13.6 Å². The number of hydrogen-bond acceptors (Lipinski definition) is 3. The van der Waals surface area contributed by atoms with Gasteiger partial charge in [0.2, 0.25) is 5.91 Å². The Hall–Kier alpha value is -3.61. The number of imide groups is 1. The number of nitrogens with one attached hydrogen (secondary N) is 1. The normalized spacial score (nSPS) is 20.4. The van der Waals surface area contributed by atoms with E-state index in [0.717, 1.165) is 27.7 Å². The first kappa shape index (κ1) is 23.1. The van der Waals surface area contributed by atoms with Crippen molar-refractivity contribution in [3.05, 3.63) is 71.4 Å². The number of nitrogens with zero attached hydrogens (tertiary/aromatic N) is 3. The van der Waals surface area contributed by atoms with Crippen LogP contribution >= 0.6 is 0 Å². The van der Waals surface area contributed by atoms with Gasteiger partial charge in [-0.3, -0.25) is 9.59 Å². The van der Waals surface area contributed by atoms with Gasteiger partial charge in [0.05, 0.1) is 5.69 Å². The number of aromatic nitrogens is 1. The lowest BCUT2D eigenvalue weighted by molar-refractivity contribution is -0.144. The lowest BCUT2D eigenvalue weighted by Crippen LogP contribution is -2.51. The molecule has 3 aromatic rings. The van der Waals surface area contributed by atoms with Crippen LogP contribution in [0.2, 0.25) is 0 Å². The number of benzene rings is 2. The second-order valence-electron chi connectivity index (χ2n) is 10.3. The maximum Gasteiger partial charge on any atom is 0.328 e. The van der Waals surface area contributed by atoms with Gasteiger partial charge in [-0.25, -0.2) is 9.69 Å². The highest BCUT2D eigenvalue weighted by molar-refractivity contribution is 6.11. The molecule has 1 fully saturated rings. The monoisotopic (exact) mass is 472 g/mol. The molecule has 182 valence electrons. The summed E-state index contributed by atoms with van der Waals surface area (Å²) in [4.78, 5) is 49.5. The molecular formula is C28H32N4O3.